The number of hydrogen-bond acceptors (Lipinski definition) is 1. The van der Waals surface area contributed by atoms with E-state index in [2.05, 4.69) is 29.8 Å². The molecule has 0 bridgehead atoms. The molecule has 2 heteroatoms. The van der Waals surface area contributed by atoms with Crippen LogP contribution in [0, 0.1) is 6.92 Å². The minimum atomic E-state index is 0.372. The zero-order valence-electron chi connectivity index (χ0n) is 7.56. The minimum Gasteiger partial charge on any atom is -0.508 e. The van der Waals surface area contributed by atoms with Gasteiger partial charge >= 0.3 is 0 Å². The summed E-state index contributed by atoms with van der Waals surface area (Å²) >= 11 is 3.37. The summed E-state index contributed by atoms with van der Waals surface area (Å²) in [5, 5.41) is 9.56. The van der Waals surface area contributed by atoms with Crippen molar-refractivity contribution in [2.24, 2.45) is 0 Å². The SMILES string of the molecule is Cc1cc(C(C)C)c(O)cc1Br. The van der Waals surface area contributed by atoms with Crippen molar-refractivity contribution in [1.29, 1.82) is 0 Å². The fourth-order valence-corrected chi connectivity index (χ4v) is 1.49. The van der Waals surface area contributed by atoms with E-state index in [4.69, 9.17) is 0 Å². The summed E-state index contributed by atoms with van der Waals surface area (Å²) in [7, 11) is 0. The smallest absolute Gasteiger partial charge is 0.120 e. The second-order valence-corrected chi connectivity index (χ2v) is 4.17. The van der Waals surface area contributed by atoms with Gasteiger partial charge in [0.25, 0.3) is 0 Å². The molecule has 12 heavy (non-hydrogen) atoms. The first-order chi connectivity index (χ1) is 5.52. The molecule has 0 aliphatic heterocycles. The minimum absolute atomic E-state index is 0.372. The summed E-state index contributed by atoms with van der Waals surface area (Å²) in [4.78, 5) is 0. The lowest BCUT2D eigenvalue weighted by atomic mass is 10.0. The zero-order valence-corrected chi connectivity index (χ0v) is 9.14. The molecule has 1 rings (SSSR count). The average Bonchev–Trinajstić information content (AvgIpc) is 1.96. The summed E-state index contributed by atoms with van der Waals surface area (Å²) in [6.07, 6.45) is 0. The fraction of sp³-hybridized carbons (Fsp3) is 0.400. The van der Waals surface area contributed by atoms with Gasteiger partial charge < -0.3 is 5.11 Å². The van der Waals surface area contributed by atoms with Crippen LogP contribution in [0.2, 0.25) is 0 Å². The van der Waals surface area contributed by atoms with Crippen molar-refractivity contribution < 1.29 is 5.11 Å². The van der Waals surface area contributed by atoms with Crippen LogP contribution in [0.25, 0.3) is 0 Å². The van der Waals surface area contributed by atoms with Crippen LogP contribution in [0.4, 0.5) is 0 Å². The predicted octanol–water partition coefficient (Wildman–Crippen LogP) is 3.59. The van der Waals surface area contributed by atoms with Gasteiger partial charge in [0.05, 0.1) is 0 Å². The van der Waals surface area contributed by atoms with Crippen molar-refractivity contribution in [3.63, 3.8) is 0 Å². The van der Waals surface area contributed by atoms with Crippen molar-refractivity contribution in [1.82, 2.24) is 0 Å². The highest BCUT2D eigenvalue weighted by molar-refractivity contribution is 9.10. The Morgan fingerprint density at radius 3 is 2.42 bits per heavy atom. The van der Waals surface area contributed by atoms with E-state index in [9.17, 15) is 5.11 Å². The summed E-state index contributed by atoms with van der Waals surface area (Å²) in [6, 6.07) is 3.77. The highest BCUT2D eigenvalue weighted by Crippen LogP contribution is 2.30. The van der Waals surface area contributed by atoms with Crippen molar-refractivity contribution in [3.05, 3.63) is 27.7 Å². The first-order valence-electron chi connectivity index (χ1n) is 4.01. The van der Waals surface area contributed by atoms with E-state index in [1.165, 1.54) is 0 Å². The topological polar surface area (TPSA) is 20.2 Å². The van der Waals surface area contributed by atoms with Crippen LogP contribution in [0.1, 0.15) is 30.9 Å². The van der Waals surface area contributed by atoms with Gasteiger partial charge in [-0.05, 0) is 30.0 Å². The average molecular weight is 229 g/mol. The second kappa shape index (κ2) is 3.48. The van der Waals surface area contributed by atoms with Crippen LogP contribution in [-0.2, 0) is 0 Å². The summed E-state index contributed by atoms with van der Waals surface area (Å²) in [5.74, 6) is 0.749. The largest absolute Gasteiger partial charge is 0.508 e. The maximum atomic E-state index is 9.56. The molecule has 0 aliphatic carbocycles. The number of phenolic OH excluding ortho intramolecular Hbond substituents is 1. The molecule has 1 nitrogen and oxygen atoms in total. The Balaban J connectivity index is 3.23. The molecule has 0 fully saturated rings. The lowest BCUT2D eigenvalue weighted by Gasteiger charge is -2.10. The van der Waals surface area contributed by atoms with Gasteiger partial charge in [-0.1, -0.05) is 35.8 Å². The van der Waals surface area contributed by atoms with Gasteiger partial charge in [0, 0.05) is 4.47 Å². The van der Waals surface area contributed by atoms with Crippen molar-refractivity contribution >= 4 is 15.9 Å². The molecule has 0 saturated heterocycles. The molecular weight excluding hydrogens is 216 g/mol. The third-order valence-corrected chi connectivity index (χ3v) is 2.78. The van der Waals surface area contributed by atoms with E-state index in [0.717, 1.165) is 15.6 Å². The standard InChI is InChI=1S/C10H13BrO/c1-6(2)8-4-7(3)9(11)5-10(8)12/h4-6,12H,1-3H3. The van der Waals surface area contributed by atoms with Gasteiger partial charge in [0.15, 0.2) is 0 Å². The summed E-state index contributed by atoms with van der Waals surface area (Å²) in [6.45, 7) is 6.17. The highest BCUT2D eigenvalue weighted by atomic mass is 79.9. The Hall–Kier alpha value is -0.500. The van der Waals surface area contributed by atoms with Crippen LogP contribution < -0.4 is 0 Å². The Kier molecular flexibility index (Phi) is 2.78. The number of aromatic hydroxyl groups is 1. The Labute approximate surface area is 81.6 Å². The van der Waals surface area contributed by atoms with E-state index < -0.39 is 0 Å². The molecule has 0 heterocycles. The van der Waals surface area contributed by atoms with Gasteiger partial charge in [-0.25, -0.2) is 0 Å². The van der Waals surface area contributed by atoms with E-state index >= 15 is 0 Å². The molecule has 0 atom stereocenters. The number of aryl methyl sites for hydroxylation is 1. The van der Waals surface area contributed by atoms with Gasteiger partial charge in [-0.2, -0.15) is 0 Å². The lowest BCUT2D eigenvalue weighted by Crippen LogP contribution is -1.89. The first kappa shape index (κ1) is 9.59. The Bertz CT molecular complexity index is 292. The molecule has 0 amide bonds. The molecule has 0 unspecified atom stereocenters. The molecule has 0 saturated carbocycles. The van der Waals surface area contributed by atoms with E-state index in [-0.39, 0.29) is 0 Å². The van der Waals surface area contributed by atoms with Crippen molar-refractivity contribution in [3.8, 4) is 5.75 Å². The summed E-state index contributed by atoms with van der Waals surface area (Å²) < 4.78 is 0.962. The summed E-state index contributed by atoms with van der Waals surface area (Å²) in [5.41, 5.74) is 2.17. The molecule has 1 N–H and O–H groups in total. The maximum Gasteiger partial charge on any atom is 0.120 e. The van der Waals surface area contributed by atoms with Crippen LogP contribution in [0.15, 0.2) is 16.6 Å². The van der Waals surface area contributed by atoms with Gasteiger partial charge in [-0.15, -0.1) is 0 Å². The Morgan fingerprint density at radius 1 is 1.33 bits per heavy atom. The number of benzene rings is 1. The van der Waals surface area contributed by atoms with Crippen molar-refractivity contribution in [2.75, 3.05) is 0 Å². The van der Waals surface area contributed by atoms with Gasteiger partial charge in [0.1, 0.15) is 5.75 Å². The molecule has 0 radical (unpaired) electrons. The number of rotatable bonds is 1. The van der Waals surface area contributed by atoms with Crippen molar-refractivity contribution in [2.45, 2.75) is 26.7 Å². The molecular formula is C10H13BrO. The van der Waals surface area contributed by atoms with Crippen LogP contribution >= 0.6 is 15.9 Å². The molecule has 1 aromatic carbocycles. The molecule has 0 aliphatic rings. The predicted molar refractivity (Wildman–Crippen MR) is 54.6 cm³/mol. The first-order valence-corrected chi connectivity index (χ1v) is 4.80. The maximum absolute atomic E-state index is 9.56. The monoisotopic (exact) mass is 228 g/mol. The quantitative estimate of drug-likeness (QED) is 0.780. The number of phenols is 1. The second-order valence-electron chi connectivity index (χ2n) is 3.31. The van der Waals surface area contributed by atoms with Gasteiger partial charge in [0.2, 0.25) is 0 Å². The third kappa shape index (κ3) is 1.81. The fourth-order valence-electron chi connectivity index (χ4n) is 1.16. The third-order valence-electron chi connectivity index (χ3n) is 1.93. The molecule has 0 spiro atoms. The normalized spacial score (nSPS) is 10.8. The zero-order chi connectivity index (χ0) is 9.30. The Morgan fingerprint density at radius 2 is 1.92 bits per heavy atom. The highest BCUT2D eigenvalue weighted by Gasteiger charge is 2.07. The van der Waals surface area contributed by atoms with Crippen LogP contribution in [0.5, 0.6) is 5.75 Å². The van der Waals surface area contributed by atoms with E-state index in [0.29, 0.717) is 11.7 Å². The van der Waals surface area contributed by atoms with Crippen LogP contribution in [0.3, 0.4) is 0 Å². The van der Waals surface area contributed by atoms with Crippen LogP contribution in [-0.4, -0.2) is 5.11 Å². The lowest BCUT2D eigenvalue weighted by molar-refractivity contribution is 0.464. The van der Waals surface area contributed by atoms with Gasteiger partial charge in [-0.3, -0.25) is 0 Å². The number of hydrogen-bond donors (Lipinski definition) is 1. The van der Waals surface area contributed by atoms with E-state index in [1.807, 2.05) is 13.0 Å². The van der Waals surface area contributed by atoms with E-state index in [1.54, 1.807) is 6.07 Å². The molecule has 66 valence electrons. The molecule has 0 aromatic heterocycles. The number of halogens is 1. The molecule has 1 aromatic rings.